The third kappa shape index (κ3) is 5.22. The molecule has 0 bridgehead atoms. The molecule has 3 aromatic heterocycles. The molecule has 9 heteroatoms. The zero-order valence-electron chi connectivity index (χ0n) is 21.3. The Kier molecular flexibility index (Phi) is 6.47. The number of pyridine rings is 1. The molecule has 190 valence electrons. The number of furan rings is 1. The molecule has 0 saturated carbocycles. The second-order valence-electron chi connectivity index (χ2n) is 10.3. The Bertz CT molecular complexity index is 1570. The topological polar surface area (TPSA) is 92.8 Å². The van der Waals surface area contributed by atoms with Crippen molar-refractivity contribution in [3.8, 4) is 0 Å². The number of halogens is 1. The van der Waals surface area contributed by atoms with Gasteiger partial charge in [0.15, 0.2) is 5.82 Å². The second kappa shape index (κ2) is 9.74. The molecule has 1 N–H and O–H groups in total. The molecule has 0 fully saturated rings. The standard InChI is InChI=1S/C28H29FN6O2/c1-18-7-12-24-20(14-18)15-23(27(36)30-24)25(26-31-32-33-35(26)28(2,3)4)34(17-22-6-5-13-37-22)16-19-8-10-21(29)11-9-19/h5-15,25H,16-17H2,1-4H3,(H,30,36). The summed E-state index contributed by atoms with van der Waals surface area (Å²) in [4.78, 5) is 18.7. The summed E-state index contributed by atoms with van der Waals surface area (Å²) >= 11 is 0. The average Bonchev–Trinajstić information content (AvgIpc) is 3.54. The van der Waals surface area contributed by atoms with Crippen molar-refractivity contribution in [2.75, 3.05) is 0 Å². The van der Waals surface area contributed by atoms with Crippen molar-refractivity contribution in [1.82, 2.24) is 30.1 Å². The fourth-order valence-electron chi connectivity index (χ4n) is 4.55. The van der Waals surface area contributed by atoms with E-state index in [4.69, 9.17) is 4.42 Å². The van der Waals surface area contributed by atoms with Crippen LogP contribution in [0.5, 0.6) is 0 Å². The van der Waals surface area contributed by atoms with Crippen LogP contribution < -0.4 is 5.56 Å². The fourth-order valence-corrected chi connectivity index (χ4v) is 4.55. The van der Waals surface area contributed by atoms with Gasteiger partial charge in [-0.2, -0.15) is 0 Å². The molecule has 3 heterocycles. The summed E-state index contributed by atoms with van der Waals surface area (Å²) in [5.41, 5.74) is 2.55. The Balaban J connectivity index is 1.72. The number of tetrazole rings is 1. The van der Waals surface area contributed by atoms with Crippen LogP contribution in [-0.4, -0.2) is 30.1 Å². The number of aromatic amines is 1. The molecule has 0 aliphatic heterocycles. The minimum Gasteiger partial charge on any atom is -0.468 e. The number of aryl methyl sites for hydroxylation is 1. The number of nitrogens with one attached hydrogen (secondary N) is 1. The van der Waals surface area contributed by atoms with Gasteiger partial charge in [0.05, 0.1) is 18.3 Å². The smallest absolute Gasteiger partial charge is 0.253 e. The van der Waals surface area contributed by atoms with Crippen molar-refractivity contribution < 1.29 is 8.81 Å². The summed E-state index contributed by atoms with van der Waals surface area (Å²) in [5.74, 6) is 0.935. The molecule has 0 radical (unpaired) electrons. The maximum atomic E-state index is 13.7. The summed E-state index contributed by atoms with van der Waals surface area (Å²) in [5, 5.41) is 13.6. The van der Waals surface area contributed by atoms with E-state index in [0.717, 1.165) is 27.8 Å². The van der Waals surface area contributed by atoms with Gasteiger partial charge < -0.3 is 9.40 Å². The van der Waals surface area contributed by atoms with Gasteiger partial charge in [-0.3, -0.25) is 9.69 Å². The number of H-pyrrole nitrogens is 1. The summed E-state index contributed by atoms with van der Waals surface area (Å²) in [6.45, 7) is 8.81. The van der Waals surface area contributed by atoms with E-state index in [1.807, 2.05) is 64.1 Å². The van der Waals surface area contributed by atoms with E-state index in [2.05, 4.69) is 25.4 Å². The highest BCUT2D eigenvalue weighted by atomic mass is 19.1. The molecule has 0 spiro atoms. The van der Waals surface area contributed by atoms with Gasteiger partial charge in [-0.1, -0.05) is 23.8 Å². The van der Waals surface area contributed by atoms with Crippen LogP contribution in [-0.2, 0) is 18.6 Å². The number of benzene rings is 2. The van der Waals surface area contributed by atoms with E-state index in [0.29, 0.717) is 24.5 Å². The Morgan fingerprint density at radius 2 is 1.86 bits per heavy atom. The molecule has 0 aliphatic rings. The number of rotatable bonds is 7. The summed E-state index contributed by atoms with van der Waals surface area (Å²) < 4.78 is 21.1. The zero-order chi connectivity index (χ0) is 26.2. The van der Waals surface area contributed by atoms with Gasteiger partial charge in [0.2, 0.25) is 0 Å². The summed E-state index contributed by atoms with van der Waals surface area (Å²) in [6.07, 6.45) is 1.62. The van der Waals surface area contributed by atoms with Gasteiger partial charge in [-0.25, -0.2) is 9.07 Å². The minimum absolute atomic E-state index is 0.228. The normalized spacial score (nSPS) is 12.9. The number of fused-ring (bicyclic) bond motifs is 1. The average molecular weight is 501 g/mol. The first kappa shape index (κ1) is 24.6. The number of hydrogen-bond acceptors (Lipinski definition) is 6. The Hall–Kier alpha value is -4.11. The number of hydrogen-bond donors (Lipinski definition) is 1. The third-order valence-electron chi connectivity index (χ3n) is 6.30. The van der Waals surface area contributed by atoms with E-state index < -0.39 is 11.6 Å². The highest BCUT2D eigenvalue weighted by molar-refractivity contribution is 5.79. The predicted molar refractivity (Wildman–Crippen MR) is 138 cm³/mol. The molecule has 1 unspecified atom stereocenters. The Morgan fingerprint density at radius 1 is 1.08 bits per heavy atom. The molecule has 0 aliphatic carbocycles. The fraction of sp³-hybridized carbons (Fsp3) is 0.286. The van der Waals surface area contributed by atoms with Gasteiger partial charge in [-0.15, -0.1) is 5.10 Å². The van der Waals surface area contributed by atoms with Crippen LogP contribution in [0.1, 0.15) is 55.1 Å². The SMILES string of the molecule is Cc1ccc2[nH]c(=O)c(C(c3nnnn3C(C)(C)C)N(Cc3ccc(F)cc3)Cc3ccco3)cc2c1. The molecule has 5 rings (SSSR count). The van der Waals surface area contributed by atoms with Crippen molar-refractivity contribution in [2.45, 2.75) is 52.4 Å². The van der Waals surface area contributed by atoms with Crippen LogP contribution in [0.3, 0.4) is 0 Å². The van der Waals surface area contributed by atoms with E-state index in [9.17, 15) is 9.18 Å². The largest absolute Gasteiger partial charge is 0.468 e. The highest BCUT2D eigenvalue weighted by Crippen LogP contribution is 2.32. The molecule has 0 amide bonds. The molecule has 1 atom stereocenters. The van der Waals surface area contributed by atoms with Crippen molar-refractivity contribution in [3.05, 3.63) is 111 Å². The monoisotopic (exact) mass is 500 g/mol. The van der Waals surface area contributed by atoms with Crippen molar-refractivity contribution in [1.29, 1.82) is 0 Å². The van der Waals surface area contributed by atoms with E-state index in [-0.39, 0.29) is 11.4 Å². The molecular weight excluding hydrogens is 471 g/mol. The van der Waals surface area contributed by atoms with Gasteiger partial charge in [0.25, 0.3) is 5.56 Å². The van der Waals surface area contributed by atoms with Crippen molar-refractivity contribution >= 4 is 10.9 Å². The van der Waals surface area contributed by atoms with Crippen LogP contribution in [0, 0.1) is 12.7 Å². The van der Waals surface area contributed by atoms with Crippen molar-refractivity contribution in [3.63, 3.8) is 0 Å². The quantitative estimate of drug-likeness (QED) is 0.334. The summed E-state index contributed by atoms with van der Waals surface area (Å²) in [6, 6.07) is 17.2. The minimum atomic E-state index is -0.627. The second-order valence-corrected chi connectivity index (χ2v) is 10.3. The van der Waals surface area contributed by atoms with E-state index in [1.165, 1.54) is 12.1 Å². The lowest BCUT2D eigenvalue weighted by Gasteiger charge is -2.32. The first-order chi connectivity index (χ1) is 17.7. The zero-order valence-corrected chi connectivity index (χ0v) is 21.3. The molecule has 2 aromatic carbocycles. The third-order valence-corrected chi connectivity index (χ3v) is 6.30. The number of aromatic nitrogens is 5. The lowest BCUT2D eigenvalue weighted by Crippen LogP contribution is -2.37. The van der Waals surface area contributed by atoms with Crippen LogP contribution in [0.15, 0.2) is 76.1 Å². The van der Waals surface area contributed by atoms with E-state index in [1.54, 1.807) is 23.1 Å². The van der Waals surface area contributed by atoms with Crippen LogP contribution in [0.4, 0.5) is 4.39 Å². The summed E-state index contributed by atoms with van der Waals surface area (Å²) in [7, 11) is 0. The maximum Gasteiger partial charge on any atom is 0.253 e. The van der Waals surface area contributed by atoms with Gasteiger partial charge >= 0.3 is 0 Å². The molecular formula is C28H29FN6O2. The molecule has 0 saturated heterocycles. The number of nitrogens with zero attached hydrogens (tertiary/aromatic N) is 5. The first-order valence-corrected chi connectivity index (χ1v) is 12.1. The predicted octanol–water partition coefficient (Wildman–Crippen LogP) is 5.10. The lowest BCUT2D eigenvalue weighted by atomic mass is 10.00. The van der Waals surface area contributed by atoms with Gasteiger partial charge in [0.1, 0.15) is 17.6 Å². The molecule has 5 aromatic rings. The molecule has 37 heavy (non-hydrogen) atoms. The van der Waals surface area contributed by atoms with Crippen LogP contribution >= 0.6 is 0 Å². The maximum absolute atomic E-state index is 13.7. The lowest BCUT2D eigenvalue weighted by molar-refractivity contribution is 0.171. The highest BCUT2D eigenvalue weighted by Gasteiger charge is 2.34. The van der Waals surface area contributed by atoms with Gasteiger partial charge in [-0.05, 0) is 91.5 Å². The van der Waals surface area contributed by atoms with Crippen molar-refractivity contribution in [2.24, 2.45) is 0 Å². The van der Waals surface area contributed by atoms with Crippen LogP contribution in [0.2, 0.25) is 0 Å². The Labute approximate surface area is 213 Å². The first-order valence-electron chi connectivity index (χ1n) is 12.1. The molecule has 8 nitrogen and oxygen atoms in total. The van der Waals surface area contributed by atoms with Gasteiger partial charge in [0, 0.05) is 17.6 Å². The van der Waals surface area contributed by atoms with E-state index >= 15 is 0 Å². The Morgan fingerprint density at radius 3 is 2.57 bits per heavy atom. The van der Waals surface area contributed by atoms with Crippen LogP contribution in [0.25, 0.3) is 10.9 Å².